The maximum absolute atomic E-state index is 11.8. The van der Waals surface area contributed by atoms with Crippen molar-refractivity contribution in [3.8, 4) is 5.75 Å². The van der Waals surface area contributed by atoms with Crippen LogP contribution in [0.2, 0.25) is 0 Å². The molecule has 0 bridgehead atoms. The molecule has 1 aliphatic carbocycles. The third-order valence-electron chi connectivity index (χ3n) is 3.87. The van der Waals surface area contributed by atoms with Crippen LogP contribution in [0.1, 0.15) is 51.4 Å². The van der Waals surface area contributed by atoms with E-state index in [9.17, 15) is 9.90 Å². The van der Waals surface area contributed by atoms with Crippen molar-refractivity contribution in [2.24, 2.45) is 5.92 Å². The van der Waals surface area contributed by atoms with Crippen molar-refractivity contribution in [2.75, 3.05) is 5.32 Å². The minimum atomic E-state index is 0.0430. The van der Waals surface area contributed by atoms with Gasteiger partial charge in [-0.2, -0.15) is 0 Å². The smallest absolute Gasteiger partial charge is 0.224 e. The summed E-state index contributed by atoms with van der Waals surface area (Å²) in [4.78, 5) is 11.8. The van der Waals surface area contributed by atoms with E-state index in [0.29, 0.717) is 12.1 Å². The predicted octanol–water partition coefficient (Wildman–Crippen LogP) is 4.08. The van der Waals surface area contributed by atoms with Crippen LogP contribution in [0.5, 0.6) is 5.75 Å². The third-order valence-corrected chi connectivity index (χ3v) is 3.87. The van der Waals surface area contributed by atoms with E-state index >= 15 is 0 Å². The highest BCUT2D eigenvalue weighted by atomic mass is 16.3. The lowest BCUT2D eigenvalue weighted by atomic mass is 9.86. The molecule has 0 spiro atoms. The molecule has 1 amide bonds. The van der Waals surface area contributed by atoms with Crippen molar-refractivity contribution < 1.29 is 9.90 Å². The molecule has 3 nitrogen and oxygen atoms in total. The van der Waals surface area contributed by atoms with Gasteiger partial charge < -0.3 is 10.4 Å². The molecule has 1 fully saturated rings. The van der Waals surface area contributed by atoms with Crippen LogP contribution in [0.25, 0.3) is 0 Å². The maximum atomic E-state index is 11.8. The van der Waals surface area contributed by atoms with E-state index in [2.05, 4.69) is 5.32 Å². The molecule has 0 saturated heterocycles. The quantitative estimate of drug-likeness (QED) is 0.839. The summed E-state index contributed by atoms with van der Waals surface area (Å²) in [5.74, 6) is 1.06. The molecule has 0 unspecified atom stereocenters. The number of hydrogen-bond acceptors (Lipinski definition) is 2. The summed E-state index contributed by atoms with van der Waals surface area (Å²) in [6.07, 6.45) is 9.51. The monoisotopic (exact) mass is 261 g/mol. The van der Waals surface area contributed by atoms with Gasteiger partial charge in [0.05, 0.1) is 0 Å². The second-order valence-corrected chi connectivity index (χ2v) is 5.49. The largest absolute Gasteiger partial charge is 0.508 e. The molecule has 0 aliphatic heterocycles. The zero-order valence-corrected chi connectivity index (χ0v) is 11.4. The average Bonchev–Trinajstić information content (AvgIpc) is 2.40. The molecule has 1 aliphatic rings. The van der Waals surface area contributed by atoms with Crippen molar-refractivity contribution in [3.63, 3.8) is 0 Å². The molecule has 2 rings (SSSR count). The molecule has 1 aromatic carbocycles. The Balaban J connectivity index is 1.67. The molecule has 0 aromatic heterocycles. The summed E-state index contributed by atoms with van der Waals surface area (Å²) in [6, 6.07) is 6.68. The van der Waals surface area contributed by atoms with Crippen LogP contribution in [0.4, 0.5) is 5.69 Å². The summed E-state index contributed by atoms with van der Waals surface area (Å²) in [6.45, 7) is 0. The van der Waals surface area contributed by atoms with Gasteiger partial charge in [0.25, 0.3) is 0 Å². The molecule has 0 radical (unpaired) electrons. The highest BCUT2D eigenvalue weighted by Gasteiger charge is 2.13. The van der Waals surface area contributed by atoms with Gasteiger partial charge in [0, 0.05) is 18.2 Å². The van der Waals surface area contributed by atoms with Gasteiger partial charge in [-0.25, -0.2) is 0 Å². The molecule has 2 N–H and O–H groups in total. The fourth-order valence-corrected chi connectivity index (χ4v) is 2.83. The van der Waals surface area contributed by atoms with Gasteiger partial charge in [0.2, 0.25) is 5.91 Å². The van der Waals surface area contributed by atoms with Crippen molar-refractivity contribution in [1.29, 1.82) is 0 Å². The molecular formula is C16H23NO2. The zero-order valence-electron chi connectivity index (χ0n) is 11.4. The van der Waals surface area contributed by atoms with Crippen LogP contribution in [-0.4, -0.2) is 11.0 Å². The van der Waals surface area contributed by atoms with Gasteiger partial charge in [0.15, 0.2) is 0 Å². The number of amides is 1. The first-order valence-electron chi connectivity index (χ1n) is 7.33. The summed E-state index contributed by atoms with van der Waals surface area (Å²) in [7, 11) is 0. The lowest BCUT2D eigenvalue weighted by Gasteiger charge is -2.21. The Morgan fingerprint density at radius 2 is 2.05 bits per heavy atom. The normalized spacial score (nSPS) is 16.2. The second kappa shape index (κ2) is 7.17. The van der Waals surface area contributed by atoms with Crippen LogP contribution in [0.15, 0.2) is 24.3 Å². The van der Waals surface area contributed by atoms with Crippen molar-refractivity contribution >= 4 is 11.6 Å². The topological polar surface area (TPSA) is 49.3 Å². The number of nitrogens with one attached hydrogen (secondary N) is 1. The van der Waals surface area contributed by atoms with Gasteiger partial charge in [0.1, 0.15) is 5.75 Å². The van der Waals surface area contributed by atoms with E-state index < -0.39 is 0 Å². The van der Waals surface area contributed by atoms with Crippen LogP contribution in [0.3, 0.4) is 0 Å². The summed E-state index contributed by atoms with van der Waals surface area (Å²) in [5.41, 5.74) is 0.669. The van der Waals surface area contributed by atoms with E-state index in [4.69, 9.17) is 0 Å². The summed E-state index contributed by atoms with van der Waals surface area (Å²) >= 11 is 0. The zero-order chi connectivity index (χ0) is 13.5. The van der Waals surface area contributed by atoms with E-state index in [1.165, 1.54) is 38.5 Å². The van der Waals surface area contributed by atoms with E-state index in [0.717, 1.165) is 12.3 Å². The predicted molar refractivity (Wildman–Crippen MR) is 77.2 cm³/mol. The van der Waals surface area contributed by atoms with Gasteiger partial charge >= 0.3 is 0 Å². The fraction of sp³-hybridized carbons (Fsp3) is 0.562. The van der Waals surface area contributed by atoms with Crippen molar-refractivity contribution in [2.45, 2.75) is 51.4 Å². The van der Waals surface area contributed by atoms with E-state index in [-0.39, 0.29) is 11.7 Å². The Morgan fingerprint density at radius 1 is 1.26 bits per heavy atom. The highest BCUT2D eigenvalue weighted by Crippen LogP contribution is 2.27. The fourth-order valence-electron chi connectivity index (χ4n) is 2.83. The van der Waals surface area contributed by atoms with Crippen LogP contribution in [0, 0.1) is 5.92 Å². The molecule has 19 heavy (non-hydrogen) atoms. The molecule has 3 heteroatoms. The Labute approximate surface area is 115 Å². The van der Waals surface area contributed by atoms with Gasteiger partial charge in [-0.1, -0.05) is 38.2 Å². The first-order valence-corrected chi connectivity index (χ1v) is 7.33. The number of phenols is 1. The lowest BCUT2D eigenvalue weighted by molar-refractivity contribution is -0.116. The highest BCUT2D eigenvalue weighted by molar-refractivity contribution is 5.90. The maximum Gasteiger partial charge on any atom is 0.224 e. The number of benzene rings is 1. The molecule has 1 aromatic rings. The molecule has 1 saturated carbocycles. The Bertz CT molecular complexity index is 411. The van der Waals surface area contributed by atoms with Crippen LogP contribution >= 0.6 is 0 Å². The number of aromatic hydroxyl groups is 1. The SMILES string of the molecule is O=C(CCCC1CCCCC1)Nc1cccc(O)c1. The molecular weight excluding hydrogens is 238 g/mol. The summed E-state index contributed by atoms with van der Waals surface area (Å²) < 4.78 is 0. The van der Waals surface area contributed by atoms with Crippen molar-refractivity contribution in [1.82, 2.24) is 0 Å². The number of rotatable bonds is 5. The van der Waals surface area contributed by atoms with Crippen molar-refractivity contribution in [3.05, 3.63) is 24.3 Å². The minimum Gasteiger partial charge on any atom is -0.508 e. The molecule has 104 valence electrons. The molecule has 0 heterocycles. The Morgan fingerprint density at radius 3 is 2.79 bits per heavy atom. The number of hydrogen-bond donors (Lipinski definition) is 2. The number of anilines is 1. The van der Waals surface area contributed by atoms with Gasteiger partial charge in [-0.15, -0.1) is 0 Å². The third kappa shape index (κ3) is 4.93. The van der Waals surface area contributed by atoms with E-state index in [1.54, 1.807) is 24.3 Å². The number of carbonyl (C=O) groups is 1. The van der Waals surface area contributed by atoms with Gasteiger partial charge in [-0.3, -0.25) is 4.79 Å². The number of phenolic OH excluding ortho intramolecular Hbond substituents is 1. The number of carbonyl (C=O) groups excluding carboxylic acids is 1. The average molecular weight is 261 g/mol. The standard InChI is InChI=1S/C16H23NO2/c18-15-10-5-9-14(12-15)17-16(19)11-4-8-13-6-2-1-3-7-13/h5,9-10,12-13,18H,1-4,6-8,11H2,(H,17,19). The first kappa shape index (κ1) is 13.9. The van der Waals surface area contributed by atoms with E-state index in [1.807, 2.05) is 0 Å². The Kier molecular flexibility index (Phi) is 5.25. The molecule has 0 atom stereocenters. The minimum absolute atomic E-state index is 0.0430. The van der Waals surface area contributed by atoms with Crippen LogP contribution in [-0.2, 0) is 4.79 Å². The van der Waals surface area contributed by atoms with Crippen LogP contribution < -0.4 is 5.32 Å². The lowest BCUT2D eigenvalue weighted by Crippen LogP contribution is -2.12. The first-order chi connectivity index (χ1) is 9.24. The summed E-state index contributed by atoms with van der Waals surface area (Å²) in [5, 5.41) is 12.1. The van der Waals surface area contributed by atoms with Gasteiger partial charge in [-0.05, 0) is 30.9 Å². The second-order valence-electron chi connectivity index (χ2n) is 5.49. The Hall–Kier alpha value is -1.51.